The van der Waals surface area contributed by atoms with E-state index in [0.29, 0.717) is 24.5 Å². The average Bonchev–Trinajstić information content (AvgIpc) is 2.36. The number of alkyl halides is 1. The van der Waals surface area contributed by atoms with E-state index in [1.165, 1.54) is 0 Å². The van der Waals surface area contributed by atoms with E-state index in [4.69, 9.17) is 16.3 Å². The lowest BCUT2D eigenvalue weighted by Crippen LogP contribution is -2.29. The smallest absolute Gasteiger partial charge is 0.257 e. The minimum Gasteiger partial charge on any atom is -0.493 e. The van der Waals surface area contributed by atoms with Crippen LogP contribution in [-0.2, 0) is 0 Å². The van der Waals surface area contributed by atoms with Crippen LogP contribution in [0.5, 0.6) is 5.75 Å². The minimum atomic E-state index is -0.0311. The molecule has 1 amide bonds. The normalized spacial score (nSPS) is 12.0. The Morgan fingerprint density at radius 2 is 2.11 bits per heavy atom. The number of nitrogens with zero attached hydrogens (tertiary/aromatic N) is 1. The van der Waals surface area contributed by atoms with E-state index in [1.807, 2.05) is 32.0 Å². The molecule has 0 bridgehead atoms. The number of carbonyl (C=O) groups excluding carboxylic acids is 1. The van der Waals surface area contributed by atoms with Crippen molar-refractivity contribution in [3.63, 3.8) is 0 Å². The van der Waals surface area contributed by atoms with Crippen LogP contribution < -0.4 is 4.74 Å². The molecule has 3 nitrogen and oxygen atoms in total. The second kappa shape index (κ2) is 7.27. The zero-order valence-corrected chi connectivity index (χ0v) is 11.9. The predicted molar refractivity (Wildman–Crippen MR) is 74.5 cm³/mol. The lowest BCUT2D eigenvalue weighted by molar-refractivity contribution is 0.0789. The molecule has 1 atom stereocenters. The molecule has 0 spiro atoms. The molecule has 0 aliphatic rings. The first-order valence-corrected chi connectivity index (χ1v) is 6.61. The summed E-state index contributed by atoms with van der Waals surface area (Å²) in [4.78, 5) is 13.9. The first-order chi connectivity index (χ1) is 8.56. The lowest BCUT2D eigenvalue weighted by atomic mass is 10.1. The van der Waals surface area contributed by atoms with Crippen LogP contribution in [0.2, 0.25) is 0 Å². The molecule has 0 saturated carbocycles. The van der Waals surface area contributed by atoms with E-state index >= 15 is 0 Å². The van der Waals surface area contributed by atoms with Crippen molar-refractivity contribution in [2.45, 2.75) is 25.6 Å². The molecule has 1 aromatic carbocycles. The van der Waals surface area contributed by atoms with Gasteiger partial charge >= 0.3 is 0 Å². The van der Waals surface area contributed by atoms with Gasteiger partial charge in [-0.05, 0) is 32.4 Å². The van der Waals surface area contributed by atoms with Gasteiger partial charge in [-0.2, -0.15) is 0 Å². The molecule has 0 aliphatic carbocycles. The maximum absolute atomic E-state index is 12.3. The molecule has 0 aromatic heterocycles. The number of rotatable bonds is 6. The zero-order valence-electron chi connectivity index (χ0n) is 11.1. The SMILES string of the molecule is CCOc1ccccc1C(=O)N(C)CCC(C)Cl. The van der Waals surface area contributed by atoms with Crippen molar-refractivity contribution in [1.82, 2.24) is 4.90 Å². The number of hydrogen-bond acceptors (Lipinski definition) is 2. The number of benzene rings is 1. The van der Waals surface area contributed by atoms with Crippen molar-refractivity contribution in [2.24, 2.45) is 0 Å². The first-order valence-electron chi connectivity index (χ1n) is 6.17. The van der Waals surface area contributed by atoms with Gasteiger partial charge in [0.05, 0.1) is 12.2 Å². The van der Waals surface area contributed by atoms with E-state index < -0.39 is 0 Å². The molecule has 1 unspecified atom stereocenters. The molecule has 0 radical (unpaired) electrons. The van der Waals surface area contributed by atoms with Gasteiger partial charge in [0.15, 0.2) is 0 Å². The van der Waals surface area contributed by atoms with E-state index in [2.05, 4.69) is 0 Å². The van der Waals surface area contributed by atoms with E-state index in [1.54, 1.807) is 18.0 Å². The molecule has 1 aromatic rings. The molecule has 0 heterocycles. The Morgan fingerprint density at radius 3 is 2.72 bits per heavy atom. The molecule has 0 saturated heterocycles. The Bertz CT molecular complexity index is 393. The summed E-state index contributed by atoms with van der Waals surface area (Å²) in [6.07, 6.45) is 0.778. The predicted octanol–water partition coefficient (Wildman–Crippen LogP) is 3.17. The summed E-state index contributed by atoms with van der Waals surface area (Å²) in [5.74, 6) is 0.604. The topological polar surface area (TPSA) is 29.5 Å². The van der Waals surface area contributed by atoms with Crippen LogP contribution in [0.4, 0.5) is 0 Å². The summed E-state index contributed by atoms with van der Waals surface area (Å²) in [5.41, 5.74) is 0.601. The fourth-order valence-corrected chi connectivity index (χ4v) is 1.70. The highest BCUT2D eigenvalue weighted by atomic mass is 35.5. The zero-order chi connectivity index (χ0) is 13.5. The summed E-state index contributed by atoms with van der Waals surface area (Å²) in [5, 5.41) is 0.0717. The fourth-order valence-electron chi connectivity index (χ4n) is 1.60. The molecular weight excluding hydrogens is 250 g/mol. The van der Waals surface area contributed by atoms with Gasteiger partial charge in [0.1, 0.15) is 5.75 Å². The molecule has 0 N–H and O–H groups in total. The highest BCUT2D eigenvalue weighted by molar-refractivity contribution is 6.20. The summed E-state index contributed by atoms with van der Waals surface area (Å²) < 4.78 is 5.46. The van der Waals surface area contributed by atoms with Gasteiger partial charge in [-0.25, -0.2) is 0 Å². The van der Waals surface area contributed by atoms with Crippen LogP contribution in [0.3, 0.4) is 0 Å². The minimum absolute atomic E-state index is 0.0311. The largest absolute Gasteiger partial charge is 0.493 e. The molecule has 0 aliphatic heterocycles. The van der Waals surface area contributed by atoms with Crippen LogP contribution >= 0.6 is 11.6 Å². The summed E-state index contributed by atoms with van der Waals surface area (Å²) in [7, 11) is 1.78. The Hall–Kier alpha value is -1.22. The Morgan fingerprint density at radius 1 is 1.44 bits per heavy atom. The van der Waals surface area contributed by atoms with Crippen molar-refractivity contribution in [3.05, 3.63) is 29.8 Å². The molecule has 4 heteroatoms. The van der Waals surface area contributed by atoms with E-state index in [0.717, 1.165) is 6.42 Å². The fraction of sp³-hybridized carbons (Fsp3) is 0.500. The number of amides is 1. The molecule has 1 rings (SSSR count). The van der Waals surface area contributed by atoms with Gasteiger partial charge in [0, 0.05) is 19.0 Å². The summed E-state index contributed by atoms with van der Waals surface area (Å²) in [6, 6.07) is 7.30. The van der Waals surface area contributed by atoms with E-state index in [-0.39, 0.29) is 11.3 Å². The van der Waals surface area contributed by atoms with Crippen molar-refractivity contribution >= 4 is 17.5 Å². The Balaban J connectivity index is 2.76. The maximum Gasteiger partial charge on any atom is 0.257 e. The maximum atomic E-state index is 12.3. The monoisotopic (exact) mass is 269 g/mol. The second-order valence-electron chi connectivity index (χ2n) is 4.23. The second-order valence-corrected chi connectivity index (χ2v) is 4.97. The number of halogens is 1. The van der Waals surface area contributed by atoms with Crippen molar-refractivity contribution in [1.29, 1.82) is 0 Å². The third kappa shape index (κ3) is 4.22. The van der Waals surface area contributed by atoms with Crippen LogP contribution in [-0.4, -0.2) is 36.4 Å². The van der Waals surface area contributed by atoms with Crippen molar-refractivity contribution < 1.29 is 9.53 Å². The molecular formula is C14H20ClNO2. The van der Waals surface area contributed by atoms with Gasteiger partial charge in [0.25, 0.3) is 5.91 Å². The van der Waals surface area contributed by atoms with Crippen LogP contribution in [0.15, 0.2) is 24.3 Å². The first kappa shape index (κ1) is 14.8. The number of carbonyl (C=O) groups is 1. The van der Waals surface area contributed by atoms with Crippen LogP contribution in [0.1, 0.15) is 30.6 Å². The summed E-state index contributed by atoms with van der Waals surface area (Å²) in [6.45, 7) is 5.02. The Labute approximate surface area is 114 Å². The van der Waals surface area contributed by atoms with Gasteiger partial charge < -0.3 is 9.64 Å². The number of para-hydroxylation sites is 1. The van der Waals surface area contributed by atoms with Gasteiger partial charge in [0.2, 0.25) is 0 Å². The standard InChI is InChI=1S/C14H20ClNO2/c1-4-18-13-8-6-5-7-12(13)14(17)16(3)10-9-11(2)15/h5-8,11H,4,9-10H2,1-3H3. The lowest BCUT2D eigenvalue weighted by Gasteiger charge is -2.19. The molecule has 100 valence electrons. The molecule has 0 fully saturated rings. The van der Waals surface area contributed by atoms with Crippen molar-refractivity contribution in [3.8, 4) is 5.75 Å². The highest BCUT2D eigenvalue weighted by Gasteiger charge is 2.16. The highest BCUT2D eigenvalue weighted by Crippen LogP contribution is 2.19. The third-order valence-corrected chi connectivity index (χ3v) is 2.84. The third-order valence-electron chi connectivity index (χ3n) is 2.63. The van der Waals surface area contributed by atoms with E-state index in [9.17, 15) is 4.79 Å². The van der Waals surface area contributed by atoms with Crippen LogP contribution in [0, 0.1) is 0 Å². The number of hydrogen-bond donors (Lipinski definition) is 0. The Kier molecular flexibility index (Phi) is 5.99. The van der Waals surface area contributed by atoms with Crippen molar-refractivity contribution in [2.75, 3.05) is 20.2 Å². The molecule has 18 heavy (non-hydrogen) atoms. The summed E-state index contributed by atoms with van der Waals surface area (Å²) >= 11 is 5.89. The van der Waals surface area contributed by atoms with Gasteiger partial charge in [-0.15, -0.1) is 11.6 Å². The van der Waals surface area contributed by atoms with Gasteiger partial charge in [-0.1, -0.05) is 12.1 Å². The van der Waals surface area contributed by atoms with Crippen LogP contribution in [0.25, 0.3) is 0 Å². The number of ether oxygens (including phenoxy) is 1. The quantitative estimate of drug-likeness (QED) is 0.743. The van der Waals surface area contributed by atoms with Gasteiger partial charge in [-0.3, -0.25) is 4.79 Å². The average molecular weight is 270 g/mol.